The Morgan fingerprint density at radius 3 is 2.23 bits per heavy atom. The molecule has 22 heavy (non-hydrogen) atoms. The molecule has 0 saturated heterocycles. The molecule has 3 heteroatoms. The molecule has 0 amide bonds. The smallest absolute Gasteiger partial charge is 0.388 e. The Hall–Kier alpha value is -2.32. The molecule has 2 aromatic carbocycles. The van der Waals surface area contributed by atoms with Crippen molar-refractivity contribution in [1.29, 1.82) is 5.26 Å². The van der Waals surface area contributed by atoms with E-state index in [1.807, 2.05) is 97.3 Å². The summed E-state index contributed by atoms with van der Waals surface area (Å²) in [5.74, 6) is 0. The van der Waals surface area contributed by atoms with E-state index in [1.165, 1.54) is 0 Å². The fourth-order valence-electron chi connectivity index (χ4n) is 1.89. The third kappa shape index (κ3) is 5.22. The first-order valence-electron chi connectivity index (χ1n) is 6.77. The Morgan fingerprint density at radius 2 is 1.64 bits per heavy atom. The van der Waals surface area contributed by atoms with Crippen molar-refractivity contribution in [1.82, 2.24) is 0 Å². The number of allylic oxidation sites excluding steroid dienone is 3. The van der Waals surface area contributed by atoms with Gasteiger partial charge < -0.3 is 4.90 Å². The number of nitrogens with zero attached hydrogens (tertiary/aromatic N) is 2. The maximum atomic E-state index is 9.27. The SMILES string of the molecule is CN(/C(C#N)=C\[CH-]/C=C/c1ccccc1)c1ccccc1.[Li+]. The second-order valence-corrected chi connectivity index (χ2v) is 4.52. The van der Waals surface area contributed by atoms with Crippen LogP contribution in [0.15, 0.2) is 78.5 Å². The summed E-state index contributed by atoms with van der Waals surface area (Å²) in [6, 6.07) is 22.1. The van der Waals surface area contributed by atoms with Crippen LogP contribution in [0, 0.1) is 17.8 Å². The van der Waals surface area contributed by atoms with Gasteiger partial charge in [-0.25, -0.2) is 5.26 Å². The molecule has 0 bridgehead atoms. The minimum Gasteiger partial charge on any atom is -0.388 e. The van der Waals surface area contributed by atoms with Crippen molar-refractivity contribution in [2.45, 2.75) is 0 Å². The molecule has 104 valence electrons. The number of rotatable bonds is 5. The van der Waals surface area contributed by atoms with E-state index in [0.29, 0.717) is 5.70 Å². The maximum absolute atomic E-state index is 9.27. The van der Waals surface area contributed by atoms with E-state index < -0.39 is 0 Å². The van der Waals surface area contributed by atoms with Crippen LogP contribution < -0.4 is 23.8 Å². The summed E-state index contributed by atoms with van der Waals surface area (Å²) in [5, 5.41) is 9.27. The fraction of sp³-hybridized carbons (Fsp3) is 0.0526. The minimum atomic E-state index is 0. The summed E-state index contributed by atoms with van der Waals surface area (Å²) in [6.45, 7) is 0. The van der Waals surface area contributed by atoms with Gasteiger partial charge in [-0.15, -0.1) is 6.08 Å². The van der Waals surface area contributed by atoms with E-state index in [9.17, 15) is 5.26 Å². The molecule has 2 rings (SSSR count). The number of benzene rings is 2. The number of para-hydroxylation sites is 1. The van der Waals surface area contributed by atoms with Gasteiger partial charge in [0, 0.05) is 17.5 Å². The Balaban J connectivity index is 0.00000242. The Morgan fingerprint density at radius 1 is 1.05 bits per heavy atom. The quantitative estimate of drug-likeness (QED) is 0.471. The molecule has 0 atom stereocenters. The minimum absolute atomic E-state index is 0. The number of hydrogen-bond acceptors (Lipinski definition) is 2. The molecule has 0 spiro atoms. The van der Waals surface area contributed by atoms with Crippen LogP contribution in [0.25, 0.3) is 6.08 Å². The summed E-state index contributed by atoms with van der Waals surface area (Å²) in [4.78, 5) is 1.87. The van der Waals surface area contributed by atoms with Gasteiger partial charge in [0.2, 0.25) is 0 Å². The van der Waals surface area contributed by atoms with Gasteiger partial charge in [-0.3, -0.25) is 0 Å². The van der Waals surface area contributed by atoms with E-state index in [2.05, 4.69) is 6.07 Å². The van der Waals surface area contributed by atoms with Crippen molar-refractivity contribution >= 4 is 11.8 Å². The second kappa shape index (κ2) is 9.58. The van der Waals surface area contributed by atoms with Gasteiger partial charge in [0.1, 0.15) is 0 Å². The normalized spacial score (nSPS) is 10.6. The molecule has 0 radical (unpaired) electrons. The zero-order valence-corrected chi connectivity index (χ0v) is 13.0. The average molecular weight is 280 g/mol. The van der Waals surface area contributed by atoms with Gasteiger partial charge in [-0.2, -0.15) is 18.6 Å². The van der Waals surface area contributed by atoms with Crippen LogP contribution in [0.2, 0.25) is 0 Å². The summed E-state index contributed by atoms with van der Waals surface area (Å²) < 4.78 is 0. The summed E-state index contributed by atoms with van der Waals surface area (Å²) in [6.07, 6.45) is 7.64. The van der Waals surface area contributed by atoms with E-state index in [0.717, 1.165) is 11.3 Å². The molecule has 0 fully saturated rings. The topological polar surface area (TPSA) is 27.0 Å². The predicted molar refractivity (Wildman–Crippen MR) is 88.3 cm³/mol. The van der Waals surface area contributed by atoms with Crippen molar-refractivity contribution < 1.29 is 18.9 Å². The Bertz CT molecular complexity index is 655. The molecule has 0 saturated carbocycles. The summed E-state index contributed by atoms with van der Waals surface area (Å²) in [7, 11) is 1.89. The van der Waals surface area contributed by atoms with E-state index in [4.69, 9.17) is 0 Å². The number of nitriles is 1. The standard InChI is InChI=1S/C19H17N2.Li/c1-21(18-13-6-3-7-14-18)19(16-20)15-9-8-12-17-10-4-2-5-11-17;/h2-15H,1H3;/q-1;+1/b12-8+,19-15-;. The molecule has 0 N–H and O–H groups in total. The van der Waals surface area contributed by atoms with Crippen LogP contribution in [0.1, 0.15) is 5.56 Å². The van der Waals surface area contributed by atoms with Gasteiger partial charge in [0.25, 0.3) is 0 Å². The van der Waals surface area contributed by atoms with Crippen molar-refractivity contribution in [3.8, 4) is 6.07 Å². The molecule has 0 unspecified atom stereocenters. The van der Waals surface area contributed by atoms with Gasteiger partial charge >= 0.3 is 18.9 Å². The molecule has 0 heterocycles. The largest absolute Gasteiger partial charge is 1.00 e. The first-order chi connectivity index (χ1) is 10.3. The van der Waals surface area contributed by atoms with Crippen LogP contribution >= 0.6 is 0 Å². The fourth-order valence-corrected chi connectivity index (χ4v) is 1.89. The third-order valence-corrected chi connectivity index (χ3v) is 3.07. The van der Waals surface area contributed by atoms with Gasteiger partial charge in [0.15, 0.2) is 0 Å². The number of anilines is 1. The second-order valence-electron chi connectivity index (χ2n) is 4.52. The molecule has 0 aliphatic rings. The van der Waals surface area contributed by atoms with Gasteiger partial charge in [-0.05, 0) is 19.2 Å². The average Bonchev–Trinajstić information content (AvgIpc) is 2.56. The van der Waals surface area contributed by atoms with Crippen molar-refractivity contribution in [2.24, 2.45) is 0 Å². The molecule has 0 aliphatic heterocycles. The summed E-state index contributed by atoms with van der Waals surface area (Å²) in [5.41, 5.74) is 2.72. The van der Waals surface area contributed by atoms with Crippen LogP contribution in [0.5, 0.6) is 0 Å². The molecule has 2 nitrogen and oxygen atoms in total. The monoisotopic (exact) mass is 280 g/mol. The van der Waals surface area contributed by atoms with E-state index >= 15 is 0 Å². The number of hydrogen-bond donors (Lipinski definition) is 0. The third-order valence-electron chi connectivity index (χ3n) is 3.07. The molecule has 2 aromatic rings. The first kappa shape index (κ1) is 17.7. The van der Waals surface area contributed by atoms with Crippen molar-refractivity contribution in [2.75, 3.05) is 11.9 Å². The van der Waals surface area contributed by atoms with Crippen LogP contribution in [-0.4, -0.2) is 7.05 Å². The van der Waals surface area contributed by atoms with E-state index in [-0.39, 0.29) is 18.9 Å². The zero-order valence-electron chi connectivity index (χ0n) is 13.0. The van der Waals surface area contributed by atoms with Gasteiger partial charge in [0.05, 0.1) is 0 Å². The van der Waals surface area contributed by atoms with Crippen LogP contribution in [0.4, 0.5) is 5.69 Å². The van der Waals surface area contributed by atoms with E-state index in [1.54, 1.807) is 0 Å². The Kier molecular flexibility index (Phi) is 7.72. The zero-order chi connectivity index (χ0) is 14.9. The molecule has 0 aliphatic carbocycles. The molecular formula is C19H17LiN2. The van der Waals surface area contributed by atoms with Crippen LogP contribution in [-0.2, 0) is 0 Å². The van der Waals surface area contributed by atoms with Crippen LogP contribution in [0.3, 0.4) is 0 Å². The van der Waals surface area contributed by atoms with Gasteiger partial charge in [-0.1, -0.05) is 54.1 Å². The van der Waals surface area contributed by atoms with Crippen molar-refractivity contribution in [3.05, 3.63) is 90.5 Å². The van der Waals surface area contributed by atoms with Crippen molar-refractivity contribution in [3.63, 3.8) is 0 Å². The Labute approximate surface area is 144 Å². The maximum Gasteiger partial charge on any atom is 1.00 e. The molecule has 0 aromatic heterocycles. The first-order valence-corrected chi connectivity index (χ1v) is 6.77. The molecular weight excluding hydrogens is 263 g/mol. The predicted octanol–water partition coefficient (Wildman–Crippen LogP) is 1.45. The summed E-state index contributed by atoms with van der Waals surface area (Å²) >= 11 is 0.